The Bertz CT molecular complexity index is 2090. The van der Waals surface area contributed by atoms with Crippen molar-refractivity contribution in [2.75, 3.05) is 27.9 Å². The second kappa shape index (κ2) is 13.9. The molecule has 294 valence electrons. The molecule has 0 aromatic heterocycles. The first-order valence-corrected chi connectivity index (χ1v) is 17.3. The second-order valence-electron chi connectivity index (χ2n) is 14.3. The number of aliphatic hydroxyl groups excluding tert-OH is 2. The third kappa shape index (κ3) is 5.43. The van der Waals surface area contributed by atoms with Crippen LogP contribution >= 0.6 is 0 Å². The average Bonchev–Trinajstić information content (AvgIpc) is 3.12. The number of aryl methyl sites for hydroxylation is 1. The number of methoxy groups -OCH3 is 3. The number of carbonyl (C=O) groups is 6. The fourth-order valence-electron chi connectivity index (χ4n) is 8.29. The summed E-state index contributed by atoms with van der Waals surface area (Å²) in [6, 6.07) is 2.15. The largest absolute Gasteiger partial charge is 0.507 e. The molecule has 17 nitrogen and oxygen atoms in total. The van der Waals surface area contributed by atoms with E-state index in [1.165, 1.54) is 20.1 Å². The molecule has 4 aliphatic rings. The summed E-state index contributed by atoms with van der Waals surface area (Å²) in [6.07, 6.45) is -5.57. The van der Waals surface area contributed by atoms with Gasteiger partial charge in [-0.3, -0.25) is 24.0 Å². The minimum Gasteiger partial charge on any atom is -0.507 e. The first kappa shape index (κ1) is 39.6. The maximum absolute atomic E-state index is 14.7. The molecular weight excluding hydrogens is 726 g/mol. The summed E-state index contributed by atoms with van der Waals surface area (Å²) in [7, 11) is 3.31. The number of ketones is 4. The number of carbonyl (C=O) groups excluding carboxylic acids is 6. The number of aliphatic hydroxyl groups is 3. The Balaban J connectivity index is 1.47. The lowest BCUT2D eigenvalue weighted by Crippen LogP contribution is -2.73. The van der Waals surface area contributed by atoms with Crippen molar-refractivity contribution >= 4 is 35.1 Å². The smallest absolute Gasteiger partial charge is 0.341 e. The number of aromatic hydroxyl groups is 2. The predicted octanol–water partition coefficient (Wildman–Crippen LogP) is 0.550. The third-order valence-electron chi connectivity index (χ3n) is 11.0. The van der Waals surface area contributed by atoms with Gasteiger partial charge in [0.15, 0.2) is 17.0 Å². The first-order chi connectivity index (χ1) is 25.9. The van der Waals surface area contributed by atoms with Crippen LogP contribution in [0.15, 0.2) is 23.9 Å². The summed E-state index contributed by atoms with van der Waals surface area (Å²) in [5, 5.41) is 60.2. The first-order valence-electron chi connectivity index (χ1n) is 17.3. The van der Waals surface area contributed by atoms with Gasteiger partial charge < -0.3 is 54.5 Å². The van der Waals surface area contributed by atoms with Crippen molar-refractivity contribution in [3.8, 4) is 11.5 Å². The van der Waals surface area contributed by atoms with Gasteiger partial charge in [-0.15, -0.1) is 0 Å². The van der Waals surface area contributed by atoms with Crippen molar-refractivity contribution in [3.63, 3.8) is 0 Å². The Morgan fingerprint density at radius 3 is 2.25 bits per heavy atom. The van der Waals surface area contributed by atoms with Crippen molar-refractivity contribution in [3.05, 3.63) is 68.4 Å². The van der Waals surface area contributed by atoms with Crippen molar-refractivity contribution < 1.29 is 78.0 Å². The van der Waals surface area contributed by atoms with E-state index in [-0.39, 0.29) is 11.1 Å². The number of hydrogen-bond donors (Lipinski definition) is 6. The van der Waals surface area contributed by atoms with Crippen molar-refractivity contribution in [1.29, 1.82) is 0 Å². The Kier molecular flexibility index (Phi) is 10.0. The van der Waals surface area contributed by atoms with Gasteiger partial charge in [-0.25, -0.2) is 4.79 Å². The predicted molar refractivity (Wildman–Crippen MR) is 185 cm³/mol. The van der Waals surface area contributed by atoms with Gasteiger partial charge in [0.25, 0.3) is 0 Å². The Morgan fingerprint density at radius 1 is 1.00 bits per heavy atom. The molecule has 55 heavy (non-hydrogen) atoms. The van der Waals surface area contributed by atoms with Gasteiger partial charge in [-0.2, -0.15) is 0 Å². The van der Waals surface area contributed by atoms with Crippen LogP contribution in [0.2, 0.25) is 0 Å². The molecule has 1 heterocycles. The average molecular weight is 768 g/mol. The number of rotatable bonds is 8. The van der Waals surface area contributed by atoms with Gasteiger partial charge in [0.05, 0.1) is 54.6 Å². The molecule has 1 aliphatic heterocycles. The molecule has 0 spiro atoms. The van der Waals surface area contributed by atoms with Crippen LogP contribution in [0.5, 0.6) is 11.5 Å². The molecule has 2 aromatic rings. The van der Waals surface area contributed by atoms with E-state index in [1.54, 1.807) is 20.8 Å². The van der Waals surface area contributed by atoms with Gasteiger partial charge in [-0.05, 0) is 31.0 Å². The highest BCUT2D eigenvalue weighted by molar-refractivity contribution is 6.31. The summed E-state index contributed by atoms with van der Waals surface area (Å²) < 4.78 is 27.5. The number of allylic oxidation sites excluding steroid dienone is 2. The highest BCUT2D eigenvalue weighted by atomic mass is 16.6. The molecule has 6 rings (SSSR count). The fourth-order valence-corrected chi connectivity index (χ4v) is 8.29. The zero-order chi connectivity index (χ0) is 40.6. The monoisotopic (exact) mass is 767 g/mol. The number of benzene rings is 2. The molecule has 1 saturated heterocycles. The Morgan fingerprint density at radius 2 is 1.67 bits per heavy atom. The van der Waals surface area contributed by atoms with Crippen LogP contribution in [0.4, 0.5) is 0 Å². The summed E-state index contributed by atoms with van der Waals surface area (Å²) in [6.45, 7) is 5.64. The molecule has 0 saturated carbocycles. The van der Waals surface area contributed by atoms with Gasteiger partial charge >= 0.3 is 11.9 Å². The van der Waals surface area contributed by atoms with E-state index in [2.05, 4.69) is 5.32 Å². The maximum Gasteiger partial charge on any atom is 0.341 e. The van der Waals surface area contributed by atoms with Crippen molar-refractivity contribution in [2.45, 2.75) is 76.0 Å². The molecule has 0 radical (unpaired) electrons. The number of esters is 2. The normalized spacial score (nSPS) is 29.8. The van der Waals surface area contributed by atoms with E-state index in [1.807, 2.05) is 0 Å². The third-order valence-corrected chi connectivity index (χ3v) is 11.0. The van der Waals surface area contributed by atoms with Crippen LogP contribution < -0.4 is 5.32 Å². The fraction of sp³-hybridized carbons (Fsp3) is 0.474. The van der Waals surface area contributed by atoms with Gasteiger partial charge in [-0.1, -0.05) is 19.9 Å². The standard InChI is InChI=1S/C38H41NO16/c1-13(2)35(48)55-31-19(12-40)34(54-15(4)30(31)51-5)39-20-11-21(41)24-17(27(20)43)10-18-25(28(24)44)33(47)38(53-7)22(42)9-16-8-14(3)23(36(49)52-6)29(45)26(16)37(38,50)32(18)46/h8,10-11,13,15,19,22,30-31,34,39-40,42,44-45,50H,9,12H2,1-7H3/t15-,19+,22+,30-,31-,34?,37-,38+/m0/s1. The number of ether oxygens (including phenoxy) is 5. The maximum atomic E-state index is 14.7. The minimum absolute atomic E-state index is 0.0222. The van der Waals surface area contributed by atoms with Gasteiger partial charge in [0, 0.05) is 43.4 Å². The zero-order valence-corrected chi connectivity index (χ0v) is 30.9. The van der Waals surface area contributed by atoms with E-state index >= 15 is 0 Å². The molecule has 8 atom stereocenters. The minimum atomic E-state index is -3.26. The summed E-state index contributed by atoms with van der Waals surface area (Å²) >= 11 is 0. The van der Waals surface area contributed by atoms with Crippen molar-refractivity contribution in [2.24, 2.45) is 11.8 Å². The van der Waals surface area contributed by atoms with Crippen molar-refractivity contribution in [1.82, 2.24) is 5.32 Å². The summed E-state index contributed by atoms with van der Waals surface area (Å²) in [5.74, 6) is -10.0. The molecule has 6 N–H and O–H groups in total. The molecule has 1 fully saturated rings. The molecule has 2 aromatic carbocycles. The molecule has 3 aliphatic carbocycles. The van der Waals surface area contributed by atoms with Crippen LogP contribution in [0.3, 0.4) is 0 Å². The number of nitrogens with one attached hydrogen (secondary N) is 1. The number of phenols is 2. The van der Waals surface area contributed by atoms with E-state index in [0.717, 1.165) is 26.4 Å². The highest BCUT2D eigenvalue weighted by Gasteiger charge is 2.72. The molecule has 0 bridgehead atoms. The van der Waals surface area contributed by atoms with Crippen LogP contribution in [-0.4, -0.2) is 125 Å². The lowest BCUT2D eigenvalue weighted by molar-refractivity contribution is -0.228. The van der Waals surface area contributed by atoms with Crippen LogP contribution in [-0.2, 0) is 40.5 Å². The topological polar surface area (TPSA) is 262 Å². The number of fused-ring (bicyclic) bond motifs is 5. The quantitative estimate of drug-likeness (QED) is 0.200. The van der Waals surface area contributed by atoms with E-state index < -0.39 is 152 Å². The molecule has 1 unspecified atom stereocenters. The summed E-state index contributed by atoms with van der Waals surface area (Å²) in [5.41, 5.74) is -10.4. The van der Waals surface area contributed by atoms with Crippen LogP contribution in [0.1, 0.15) is 89.3 Å². The van der Waals surface area contributed by atoms with Gasteiger partial charge in [0.1, 0.15) is 35.5 Å². The van der Waals surface area contributed by atoms with Crippen LogP contribution in [0, 0.1) is 18.8 Å². The zero-order valence-electron chi connectivity index (χ0n) is 30.9. The lowest BCUT2D eigenvalue weighted by Gasteiger charge is -2.52. The number of Topliss-reactive ketones (excluding diaryl/α,β-unsaturated/α-hetero) is 3. The Hall–Kier alpha value is -5.04. The second-order valence-corrected chi connectivity index (χ2v) is 14.3. The van der Waals surface area contributed by atoms with E-state index in [9.17, 15) is 54.3 Å². The van der Waals surface area contributed by atoms with E-state index in [4.69, 9.17) is 23.7 Å². The SMILES string of the molecule is COC(=O)c1c(C)cc2c(c1O)[C@]1(O)C(=O)c3cc4c(c(O)c3C(=O)[C@]1(OC)[C@H](O)C2)C(=O)C=C(NC1O[C@@H](C)[C@H](OC)[C@@H](OC(=O)C(C)C)[C@H]1CO)C4=O. The summed E-state index contributed by atoms with van der Waals surface area (Å²) in [4.78, 5) is 82.4. The molecule has 0 amide bonds. The highest BCUT2D eigenvalue weighted by Crippen LogP contribution is 2.56. The molecular formula is C38H41NO16. The molecule has 17 heteroatoms. The van der Waals surface area contributed by atoms with Crippen LogP contribution in [0.25, 0.3) is 0 Å². The number of hydrogen-bond acceptors (Lipinski definition) is 17. The number of phenolic OH excluding ortho intramolecular Hbond substituents is 2. The Labute approximate surface area is 313 Å². The van der Waals surface area contributed by atoms with Gasteiger partial charge in [0.2, 0.25) is 17.3 Å². The van der Waals surface area contributed by atoms with E-state index in [0.29, 0.717) is 0 Å². The lowest BCUT2D eigenvalue weighted by atomic mass is 9.56.